The summed E-state index contributed by atoms with van der Waals surface area (Å²) in [7, 11) is 1.75. The standard InChI is InChI=1S/C18H13BrClF3N4O/c1-26(10-11-4-2-3-5-13(11)19)14-9-25-27(17(28)16(14)20)15-7-6-12(8-24-15)18(21,22)23/h2-9H,10H2,1H3. The van der Waals surface area contributed by atoms with Crippen molar-refractivity contribution in [2.45, 2.75) is 12.7 Å². The van der Waals surface area contributed by atoms with E-state index in [1.54, 1.807) is 11.9 Å². The molecule has 0 atom stereocenters. The average Bonchev–Trinajstić information content (AvgIpc) is 2.65. The summed E-state index contributed by atoms with van der Waals surface area (Å²) in [5.74, 6) is -0.0556. The van der Waals surface area contributed by atoms with Gasteiger partial charge >= 0.3 is 6.18 Å². The van der Waals surface area contributed by atoms with Crippen LogP contribution in [0.3, 0.4) is 0 Å². The third-order valence-corrected chi connectivity index (χ3v) is 5.10. The lowest BCUT2D eigenvalue weighted by atomic mass is 10.2. The van der Waals surface area contributed by atoms with Crippen LogP contribution in [-0.2, 0) is 12.7 Å². The Hall–Kier alpha value is -2.39. The van der Waals surface area contributed by atoms with Crippen molar-refractivity contribution < 1.29 is 13.2 Å². The lowest BCUT2D eigenvalue weighted by Gasteiger charge is -2.21. The van der Waals surface area contributed by atoms with Gasteiger partial charge in [0.1, 0.15) is 5.02 Å². The minimum absolute atomic E-state index is 0.0556. The third kappa shape index (κ3) is 4.20. The molecule has 0 amide bonds. The van der Waals surface area contributed by atoms with E-state index in [0.717, 1.165) is 26.9 Å². The molecule has 1 aromatic carbocycles. The van der Waals surface area contributed by atoms with E-state index in [4.69, 9.17) is 11.6 Å². The second-order valence-electron chi connectivity index (χ2n) is 5.91. The second-order valence-corrected chi connectivity index (χ2v) is 7.14. The van der Waals surface area contributed by atoms with Gasteiger partial charge in [0.15, 0.2) is 5.82 Å². The maximum atomic E-state index is 12.7. The van der Waals surface area contributed by atoms with Crippen molar-refractivity contribution in [1.29, 1.82) is 0 Å². The van der Waals surface area contributed by atoms with Crippen LogP contribution in [0.4, 0.5) is 18.9 Å². The highest BCUT2D eigenvalue weighted by Gasteiger charge is 2.30. The summed E-state index contributed by atoms with van der Waals surface area (Å²) in [4.78, 5) is 18.0. The molecule has 2 heterocycles. The van der Waals surface area contributed by atoms with E-state index in [-0.39, 0.29) is 10.8 Å². The summed E-state index contributed by atoms with van der Waals surface area (Å²) >= 11 is 9.68. The Balaban J connectivity index is 1.91. The van der Waals surface area contributed by atoms with E-state index in [9.17, 15) is 18.0 Å². The molecular weight excluding hydrogens is 461 g/mol. The van der Waals surface area contributed by atoms with Crippen LogP contribution in [0.15, 0.2) is 58.1 Å². The van der Waals surface area contributed by atoms with E-state index in [2.05, 4.69) is 26.0 Å². The predicted octanol–water partition coefficient (Wildman–Crippen LogP) is 4.70. The summed E-state index contributed by atoms with van der Waals surface area (Å²) in [6.07, 6.45) is -2.50. The lowest BCUT2D eigenvalue weighted by Crippen LogP contribution is -2.27. The van der Waals surface area contributed by atoms with Crippen LogP contribution < -0.4 is 10.5 Å². The fourth-order valence-electron chi connectivity index (χ4n) is 2.50. The Labute approximate surface area is 171 Å². The van der Waals surface area contributed by atoms with E-state index >= 15 is 0 Å². The molecular formula is C18H13BrClF3N4O. The zero-order chi connectivity index (χ0) is 20.5. The van der Waals surface area contributed by atoms with Gasteiger partial charge in [-0.15, -0.1) is 0 Å². The summed E-state index contributed by atoms with van der Waals surface area (Å²) < 4.78 is 39.8. The Kier molecular flexibility index (Phi) is 5.76. The number of aromatic nitrogens is 3. The smallest absolute Gasteiger partial charge is 0.368 e. The van der Waals surface area contributed by atoms with Gasteiger partial charge < -0.3 is 4.90 Å². The van der Waals surface area contributed by atoms with E-state index in [0.29, 0.717) is 18.4 Å². The van der Waals surface area contributed by atoms with E-state index in [1.807, 2.05) is 24.3 Å². The Morgan fingerprint density at radius 3 is 2.50 bits per heavy atom. The van der Waals surface area contributed by atoms with Crippen LogP contribution in [0, 0.1) is 0 Å². The quantitative estimate of drug-likeness (QED) is 0.551. The highest BCUT2D eigenvalue weighted by molar-refractivity contribution is 9.10. The second kappa shape index (κ2) is 7.92. The van der Waals surface area contributed by atoms with Crippen molar-refractivity contribution >= 4 is 33.2 Å². The van der Waals surface area contributed by atoms with Gasteiger partial charge in [-0.2, -0.15) is 23.0 Å². The predicted molar refractivity (Wildman–Crippen MR) is 104 cm³/mol. The minimum atomic E-state index is -4.51. The molecule has 10 heteroatoms. The largest absolute Gasteiger partial charge is 0.417 e. The first-order valence-electron chi connectivity index (χ1n) is 7.94. The molecule has 0 radical (unpaired) electrons. The number of hydrogen-bond acceptors (Lipinski definition) is 4. The maximum Gasteiger partial charge on any atom is 0.417 e. The van der Waals surface area contributed by atoms with Crippen LogP contribution in [-0.4, -0.2) is 21.8 Å². The maximum absolute atomic E-state index is 12.7. The highest BCUT2D eigenvalue weighted by Crippen LogP contribution is 2.29. The molecule has 5 nitrogen and oxygen atoms in total. The van der Waals surface area contributed by atoms with Gasteiger partial charge in [0.2, 0.25) is 0 Å². The zero-order valence-electron chi connectivity index (χ0n) is 14.4. The number of nitrogens with zero attached hydrogens (tertiary/aromatic N) is 4. The molecule has 3 rings (SSSR count). The molecule has 146 valence electrons. The normalized spacial score (nSPS) is 11.5. The summed E-state index contributed by atoms with van der Waals surface area (Å²) in [5.41, 5.74) is -0.217. The average molecular weight is 474 g/mol. The number of alkyl halides is 3. The topological polar surface area (TPSA) is 51.0 Å². The van der Waals surface area contributed by atoms with Crippen molar-refractivity contribution in [3.8, 4) is 5.82 Å². The van der Waals surface area contributed by atoms with Crippen LogP contribution in [0.5, 0.6) is 0 Å². The van der Waals surface area contributed by atoms with Crippen molar-refractivity contribution in [1.82, 2.24) is 14.8 Å². The lowest BCUT2D eigenvalue weighted by molar-refractivity contribution is -0.137. The van der Waals surface area contributed by atoms with E-state index < -0.39 is 17.3 Å². The number of benzene rings is 1. The molecule has 2 aromatic heterocycles. The van der Waals surface area contributed by atoms with Gasteiger partial charge in [-0.1, -0.05) is 45.7 Å². The first-order valence-corrected chi connectivity index (χ1v) is 9.11. The number of hydrogen-bond donors (Lipinski definition) is 0. The molecule has 0 saturated carbocycles. The number of halogens is 5. The van der Waals surface area contributed by atoms with Crippen LogP contribution in [0.25, 0.3) is 5.82 Å². The molecule has 0 aliphatic heterocycles. The van der Waals surface area contributed by atoms with E-state index in [1.165, 1.54) is 6.20 Å². The van der Waals surface area contributed by atoms with Gasteiger partial charge in [0.05, 0.1) is 17.4 Å². The van der Waals surface area contributed by atoms with Crippen molar-refractivity contribution in [3.05, 3.63) is 79.8 Å². The van der Waals surface area contributed by atoms with Gasteiger partial charge in [0, 0.05) is 24.3 Å². The molecule has 0 unspecified atom stereocenters. The molecule has 0 spiro atoms. The zero-order valence-corrected chi connectivity index (χ0v) is 16.8. The number of anilines is 1. The van der Waals surface area contributed by atoms with Gasteiger partial charge in [-0.3, -0.25) is 4.79 Å². The first-order chi connectivity index (χ1) is 13.2. The fourth-order valence-corrected chi connectivity index (χ4v) is 3.18. The van der Waals surface area contributed by atoms with Crippen LogP contribution in [0.2, 0.25) is 5.02 Å². The number of pyridine rings is 1. The van der Waals surface area contributed by atoms with Gasteiger partial charge in [-0.05, 0) is 23.8 Å². The molecule has 0 N–H and O–H groups in total. The fraction of sp³-hybridized carbons (Fsp3) is 0.167. The molecule has 3 aromatic rings. The van der Waals surface area contributed by atoms with Gasteiger partial charge in [0.25, 0.3) is 5.56 Å². The SMILES string of the molecule is CN(Cc1ccccc1Br)c1cnn(-c2ccc(C(F)(F)F)cn2)c(=O)c1Cl. The Bertz CT molecular complexity index is 1050. The summed E-state index contributed by atoms with van der Waals surface area (Å²) in [6, 6.07) is 9.50. The van der Waals surface area contributed by atoms with Crippen molar-refractivity contribution in [3.63, 3.8) is 0 Å². The van der Waals surface area contributed by atoms with Crippen molar-refractivity contribution in [2.24, 2.45) is 0 Å². The van der Waals surface area contributed by atoms with Crippen molar-refractivity contribution in [2.75, 3.05) is 11.9 Å². The molecule has 0 fully saturated rings. The molecule has 28 heavy (non-hydrogen) atoms. The Morgan fingerprint density at radius 1 is 1.18 bits per heavy atom. The molecule has 0 saturated heterocycles. The molecule has 0 aliphatic rings. The summed E-state index contributed by atoms with van der Waals surface area (Å²) in [5, 5.41) is 3.90. The first kappa shape index (κ1) is 20.3. The highest BCUT2D eigenvalue weighted by atomic mass is 79.9. The summed E-state index contributed by atoms with van der Waals surface area (Å²) in [6.45, 7) is 0.463. The van der Waals surface area contributed by atoms with Crippen LogP contribution in [0.1, 0.15) is 11.1 Å². The number of rotatable bonds is 4. The van der Waals surface area contributed by atoms with Gasteiger partial charge in [-0.25, -0.2) is 4.98 Å². The Morgan fingerprint density at radius 2 is 1.89 bits per heavy atom. The molecule has 0 aliphatic carbocycles. The molecule has 0 bridgehead atoms. The third-order valence-electron chi connectivity index (χ3n) is 3.97. The monoisotopic (exact) mass is 472 g/mol. The van der Waals surface area contributed by atoms with Crippen LogP contribution >= 0.6 is 27.5 Å². The minimum Gasteiger partial charge on any atom is -0.368 e.